The molecule has 8 heteroatoms. The van der Waals surface area contributed by atoms with Crippen molar-refractivity contribution in [3.63, 3.8) is 0 Å². The number of aliphatic hydroxyl groups is 2. The normalized spacial score (nSPS) is 37.6. The van der Waals surface area contributed by atoms with Gasteiger partial charge in [-0.2, -0.15) is 0 Å². The summed E-state index contributed by atoms with van der Waals surface area (Å²) in [5.74, 6) is -4.17. The Morgan fingerprint density at radius 1 is 0.950 bits per heavy atom. The largest absolute Gasteiger partial charge is 0.547 e. The van der Waals surface area contributed by atoms with E-state index in [1.807, 2.05) is 0 Å². The second-order valence-electron chi connectivity index (χ2n) is 5.46. The van der Waals surface area contributed by atoms with Crippen LogP contribution in [-0.4, -0.2) is 57.8 Å². The van der Waals surface area contributed by atoms with Crippen LogP contribution in [-0.2, 0) is 19.1 Å². The molecule has 0 aromatic carbocycles. The molecule has 0 bridgehead atoms. The summed E-state index contributed by atoms with van der Waals surface area (Å²) in [6.45, 7) is 3.26. The Morgan fingerprint density at radius 2 is 1.20 bits per heavy atom. The molecule has 0 aromatic rings. The highest BCUT2D eigenvalue weighted by atomic mass is 16.6. The van der Waals surface area contributed by atoms with Crippen molar-refractivity contribution < 1.29 is 39.5 Å². The van der Waals surface area contributed by atoms with Crippen LogP contribution in [0, 0.1) is 0 Å². The molecule has 6 unspecified atom stereocenters. The van der Waals surface area contributed by atoms with Gasteiger partial charge in [0.05, 0.1) is 36.4 Å². The summed E-state index contributed by atoms with van der Waals surface area (Å²) in [4.78, 5) is 22.4. The molecule has 2 N–H and O–H groups in total. The van der Waals surface area contributed by atoms with Crippen molar-refractivity contribution in [3.8, 4) is 0 Å². The van der Waals surface area contributed by atoms with Gasteiger partial charge in [0.1, 0.15) is 11.2 Å². The summed E-state index contributed by atoms with van der Waals surface area (Å²) in [5, 5.41) is 42.8. The zero-order valence-corrected chi connectivity index (χ0v) is 11.1. The maximum Gasteiger partial charge on any atom is 0.140 e. The lowest BCUT2D eigenvalue weighted by Crippen LogP contribution is -2.71. The molecule has 114 valence electrons. The molecule has 0 amide bonds. The molecular formula is C12H16O8-2. The Labute approximate surface area is 114 Å². The van der Waals surface area contributed by atoms with E-state index in [0.717, 1.165) is 0 Å². The van der Waals surface area contributed by atoms with Crippen LogP contribution in [0.2, 0.25) is 0 Å². The summed E-state index contributed by atoms with van der Waals surface area (Å²) < 4.78 is 9.95. The third kappa shape index (κ3) is 2.39. The summed E-state index contributed by atoms with van der Waals surface area (Å²) in [5.41, 5.74) is -6.01. The molecule has 2 heterocycles. The van der Waals surface area contributed by atoms with Gasteiger partial charge in [-0.3, -0.25) is 0 Å². The van der Waals surface area contributed by atoms with Gasteiger partial charge in [-0.25, -0.2) is 0 Å². The molecule has 2 rings (SSSR count). The average molecular weight is 288 g/mol. The Bertz CT molecular complexity index is 397. The molecule has 20 heavy (non-hydrogen) atoms. The molecule has 8 nitrogen and oxygen atoms in total. The summed E-state index contributed by atoms with van der Waals surface area (Å²) in [7, 11) is 0. The van der Waals surface area contributed by atoms with Crippen LogP contribution in [0.15, 0.2) is 0 Å². The minimum Gasteiger partial charge on any atom is -0.547 e. The number of ether oxygens (including phenoxy) is 2. The minimum absolute atomic E-state index is 0.317. The second kappa shape index (κ2) is 4.66. The first-order chi connectivity index (χ1) is 9.11. The predicted molar refractivity (Wildman–Crippen MR) is 57.8 cm³/mol. The molecular weight excluding hydrogens is 272 g/mol. The first-order valence-corrected chi connectivity index (χ1v) is 6.30. The van der Waals surface area contributed by atoms with Crippen molar-refractivity contribution in [2.75, 3.05) is 0 Å². The Kier molecular flexibility index (Phi) is 3.53. The van der Waals surface area contributed by atoms with Crippen molar-refractivity contribution in [2.45, 2.75) is 62.3 Å². The Morgan fingerprint density at radius 3 is 1.35 bits per heavy atom. The quantitative estimate of drug-likeness (QED) is 0.455. The number of carboxylic acids is 2. The lowest BCUT2D eigenvalue weighted by atomic mass is 9.75. The van der Waals surface area contributed by atoms with Gasteiger partial charge in [-0.05, 0) is 13.8 Å². The van der Waals surface area contributed by atoms with Crippen LogP contribution in [0.1, 0.15) is 26.7 Å². The molecule has 2 fully saturated rings. The van der Waals surface area contributed by atoms with Gasteiger partial charge in [0, 0.05) is 12.8 Å². The highest BCUT2D eigenvalue weighted by Gasteiger charge is 2.58. The smallest absolute Gasteiger partial charge is 0.140 e. The fourth-order valence-corrected chi connectivity index (χ4v) is 2.31. The van der Waals surface area contributed by atoms with Crippen LogP contribution in [0.4, 0.5) is 0 Å². The van der Waals surface area contributed by atoms with Crippen LogP contribution < -0.4 is 10.2 Å². The van der Waals surface area contributed by atoms with Crippen molar-refractivity contribution in [2.24, 2.45) is 0 Å². The fourth-order valence-electron chi connectivity index (χ4n) is 2.31. The highest BCUT2D eigenvalue weighted by Crippen LogP contribution is 2.40. The molecule has 0 radical (unpaired) electrons. The first kappa shape index (κ1) is 15.2. The monoisotopic (exact) mass is 288 g/mol. The zero-order chi connectivity index (χ0) is 15.3. The van der Waals surface area contributed by atoms with Crippen LogP contribution in [0.3, 0.4) is 0 Å². The van der Waals surface area contributed by atoms with Gasteiger partial charge in [0.15, 0.2) is 0 Å². The Balaban J connectivity index is 2.26. The summed E-state index contributed by atoms with van der Waals surface area (Å²) >= 11 is 0. The van der Waals surface area contributed by atoms with Crippen molar-refractivity contribution in [1.82, 2.24) is 0 Å². The molecule has 2 aliphatic heterocycles. The third-order valence-corrected chi connectivity index (χ3v) is 4.03. The third-order valence-electron chi connectivity index (χ3n) is 4.03. The van der Waals surface area contributed by atoms with Gasteiger partial charge < -0.3 is 39.5 Å². The van der Waals surface area contributed by atoms with Crippen LogP contribution in [0.25, 0.3) is 0 Å². The molecule has 2 saturated heterocycles. The number of epoxide rings is 2. The SMILES string of the molecule is CC1OC1CC(O)(C(=O)[O-])C(O)(CC1OC1C)C(=O)[O-]. The molecule has 0 spiro atoms. The molecule has 6 atom stereocenters. The number of hydrogen-bond acceptors (Lipinski definition) is 8. The van der Waals surface area contributed by atoms with E-state index in [4.69, 9.17) is 9.47 Å². The minimum atomic E-state index is -3.01. The lowest BCUT2D eigenvalue weighted by Gasteiger charge is -2.44. The van der Waals surface area contributed by atoms with Crippen molar-refractivity contribution in [3.05, 3.63) is 0 Å². The maximum absolute atomic E-state index is 11.2. The number of aliphatic carboxylic acids is 2. The van der Waals surface area contributed by atoms with Gasteiger partial charge in [0.2, 0.25) is 0 Å². The predicted octanol–water partition coefficient (Wildman–Crippen LogP) is -3.70. The maximum atomic E-state index is 11.2. The highest BCUT2D eigenvalue weighted by molar-refractivity contribution is 5.89. The Hall–Kier alpha value is -1.22. The number of hydrogen-bond donors (Lipinski definition) is 2. The van der Waals surface area contributed by atoms with Gasteiger partial charge in [-0.1, -0.05) is 0 Å². The van der Waals surface area contributed by atoms with Crippen molar-refractivity contribution >= 4 is 11.9 Å². The lowest BCUT2D eigenvalue weighted by molar-refractivity contribution is -0.360. The van der Waals surface area contributed by atoms with Gasteiger partial charge in [0.25, 0.3) is 0 Å². The number of carbonyl (C=O) groups is 2. The van der Waals surface area contributed by atoms with E-state index in [2.05, 4.69) is 0 Å². The molecule has 2 aliphatic rings. The van der Waals surface area contributed by atoms with Crippen LogP contribution in [0.5, 0.6) is 0 Å². The van der Waals surface area contributed by atoms with Gasteiger partial charge >= 0.3 is 0 Å². The second-order valence-corrected chi connectivity index (χ2v) is 5.46. The van der Waals surface area contributed by atoms with Crippen LogP contribution >= 0.6 is 0 Å². The summed E-state index contributed by atoms with van der Waals surface area (Å²) in [6, 6.07) is 0. The van der Waals surface area contributed by atoms with E-state index in [9.17, 15) is 30.0 Å². The van der Waals surface area contributed by atoms with E-state index in [1.54, 1.807) is 13.8 Å². The van der Waals surface area contributed by atoms with E-state index in [0.29, 0.717) is 0 Å². The molecule has 0 saturated carbocycles. The standard InChI is InChI=1S/C12H18O8/c1-5-7(19-5)3-11(17,9(13)14)12(18,10(15)16)4-8-6(2)20-8/h5-8,17-18H,3-4H2,1-2H3,(H,13,14)(H,15,16)/p-2. The van der Waals surface area contributed by atoms with Crippen molar-refractivity contribution in [1.29, 1.82) is 0 Å². The van der Waals surface area contributed by atoms with E-state index in [-0.39, 0.29) is 12.2 Å². The topological polar surface area (TPSA) is 146 Å². The zero-order valence-electron chi connectivity index (χ0n) is 11.1. The van der Waals surface area contributed by atoms with E-state index in [1.165, 1.54) is 0 Å². The van der Waals surface area contributed by atoms with E-state index >= 15 is 0 Å². The fraction of sp³-hybridized carbons (Fsp3) is 0.833. The van der Waals surface area contributed by atoms with E-state index < -0.39 is 48.2 Å². The molecule has 0 aliphatic carbocycles. The number of carbonyl (C=O) groups excluding carboxylic acids is 2. The van der Waals surface area contributed by atoms with Gasteiger partial charge in [-0.15, -0.1) is 0 Å². The summed E-state index contributed by atoms with van der Waals surface area (Å²) in [6.07, 6.45) is -3.13. The number of carboxylic acid groups (broad SMARTS) is 2. The average Bonchev–Trinajstić information content (AvgIpc) is 3.20. The molecule has 0 aromatic heterocycles. The number of rotatable bonds is 7. The first-order valence-electron chi connectivity index (χ1n) is 6.30.